The molecule has 7 heteroatoms. The van der Waals surface area contributed by atoms with Gasteiger partial charge in [0, 0.05) is 24.0 Å². The predicted molar refractivity (Wildman–Crippen MR) is 105 cm³/mol. The van der Waals surface area contributed by atoms with E-state index in [2.05, 4.69) is 41.7 Å². The van der Waals surface area contributed by atoms with Gasteiger partial charge in [-0.1, -0.05) is 36.7 Å². The third-order valence-corrected chi connectivity index (χ3v) is 6.85. The minimum atomic E-state index is -3.73. The summed E-state index contributed by atoms with van der Waals surface area (Å²) in [5.41, 5.74) is 0. The second kappa shape index (κ2) is 7.72. The first-order chi connectivity index (χ1) is 12.3. The lowest BCUT2D eigenvalue weighted by atomic mass is 9.99. The smallest absolute Gasteiger partial charge is 0.236 e. The number of piperidine rings is 1. The van der Waals surface area contributed by atoms with E-state index in [0.717, 1.165) is 30.4 Å². The van der Waals surface area contributed by atoms with Crippen molar-refractivity contribution in [3.8, 4) is 0 Å². The highest BCUT2D eigenvalue weighted by molar-refractivity contribution is 9.10. The topological polar surface area (TPSA) is 63.4 Å². The van der Waals surface area contributed by atoms with Gasteiger partial charge in [0.25, 0.3) is 0 Å². The molecule has 0 radical (unpaired) electrons. The Labute approximate surface area is 163 Å². The highest BCUT2D eigenvalue weighted by Crippen LogP contribution is 2.34. The number of oxazole rings is 1. The lowest BCUT2D eigenvalue weighted by Crippen LogP contribution is -2.33. The van der Waals surface area contributed by atoms with Crippen LogP contribution in [0.1, 0.15) is 39.5 Å². The standard InChI is InChI=1S/C19H25BrN2O3S/c1-13(2)12-17-21-18(19(25-17)22-10-8-14(3)9-11-22)26(23,24)16-6-4-15(20)5-7-16/h4-7,13-14H,8-12H2,1-3H3. The molecule has 2 aromatic rings. The van der Waals surface area contributed by atoms with Crippen LogP contribution in [-0.2, 0) is 16.3 Å². The second-order valence-corrected chi connectivity index (χ2v) is 10.2. The summed E-state index contributed by atoms with van der Waals surface area (Å²) in [4.78, 5) is 6.67. The molecule has 2 heterocycles. The number of nitrogens with zero attached hydrogens (tertiary/aromatic N) is 2. The van der Waals surface area contributed by atoms with Crippen LogP contribution < -0.4 is 4.90 Å². The van der Waals surface area contributed by atoms with E-state index in [4.69, 9.17) is 4.42 Å². The van der Waals surface area contributed by atoms with E-state index in [1.807, 2.05) is 4.90 Å². The molecule has 0 aliphatic carbocycles. The molecule has 0 N–H and O–H groups in total. The van der Waals surface area contributed by atoms with Crippen LogP contribution in [0.25, 0.3) is 0 Å². The Bertz CT molecular complexity index is 851. The molecule has 0 amide bonds. The van der Waals surface area contributed by atoms with E-state index in [9.17, 15) is 8.42 Å². The Morgan fingerprint density at radius 3 is 2.42 bits per heavy atom. The van der Waals surface area contributed by atoms with Gasteiger partial charge in [-0.3, -0.25) is 0 Å². The van der Waals surface area contributed by atoms with Crippen LogP contribution in [0, 0.1) is 11.8 Å². The molecule has 3 rings (SSSR count). The van der Waals surface area contributed by atoms with E-state index in [-0.39, 0.29) is 9.92 Å². The maximum absolute atomic E-state index is 13.2. The van der Waals surface area contributed by atoms with E-state index in [0.29, 0.717) is 30.0 Å². The monoisotopic (exact) mass is 440 g/mol. The fraction of sp³-hybridized carbons (Fsp3) is 0.526. The van der Waals surface area contributed by atoms with Crippen molar-refractivity contribution >= 4 is 31.7 Å². The molecular weight excluding hydrogens is 416 g/mol. The van der Waals surface area contributed by atoms with Crippen molar-refractivity contribution < 1.29 is 12.8 Å². The molecule has 0 unspecified atom stereocenters. The Morgan fingerprint density at radius 1 is 1.23 bits per heavy atom. The van der Waals surface area contributed by atoms with Gasteiger partial charge in [0.15, 0.2) is 5.89 Å². The summed E-state index contributed by atoms with van der Waals surface area (Å²) in [6.07, 6.45) is 2.67. The number of hydrogen-bond donors (Lipinski definition) is 0. The van der Waals surface area contributed by atoms with Crippen LogP contribution in [0.2, 0.25) is 0 Å². The van der Waals surface area contributed by atoms with Crippen molar-refractivity contribution in [1.29, 1.82) is 0 Å². The second-order valence-electron chi connectivity index (χ2n) is 7.44. The molecular formula is C19H25BrN2O3S. The Kier molecular flexibility index (Phi) is 5.77. The first-order valence-corrected chi connectivity index (χ1v) is 11.3. The van der Waals surface area contributed by atoms with Crippen LogP contribution in [0.3, 0.4) is 0 Å². The molecule has 0 bridgehead atoms. The minimum Gasteiger partial charge on any atom is -0.424 e. The van der Waals surface area contributed by atoms with Crippen molar-refractivity contribution in [3.05, 3.63) is 34.6 Å². The van der Waals surface area contributed by atoms with Crippen molar-refractivity contribution in [2.45, 2.75) is 50.0 Å². The number of aromatic nitrogens is 1. The first kappa shape index (κ1) is 19.4. The number of benzene rings is 1. The summed E-state index contributed by atoms with van der Waals surface area (Å²) < 4.78 is 33.2. The third kappa shape index (κ3) is 4.14. The molecule has 26 heavy (non-hydrogen) atoms. The first-order valence-electron chi connectivity index (χ1n) is 9.02. The zero-order valence-electron chi connectivity index (χ0n) is 15.4. The van der Waals surface area contributed by atoms with Gasteiger partial charge in [0.2, 0.25) is 20.7 Å². The summed E-state index contributed by atoms with van der Waals surface area (Å²) in [7, 11) is -3.73. The molecule has 0 saturated carbocycles. The molecule has 1 aromatic carbocycles. The summed E-state index contributed by atoms with van der Waals surface area (Å²) in [6, 6.07) is 6.64. The highest BCUT2D eigenvalue weighted by Gasteiger charge is 2.32. The van der Waals surface area contributed by atoms with Gasteiger partial charge in [-0.25, -0.2) is 8.42 Å². The van der Waals surface area contributed by atoms with Crippen LogP contribution in [0.4, 0.5) is 5.88 Å². The molecule has 0 spiro atoms. The molecule has 1 aliphatic rings. The van der Waals surface area contributed by atoms with Gasteiger partial charge in [0.05, 0.1) is 4.90 Å². The average molecular weight is 441 g/mol. The van der Waals surface area contributed by atoms with Gasteiger partial charge in [-0.2, -0.15) is 4.98 Å². The molecule has 1 aromatic heterocycles. The SMILES string of the molecule is CC(C)Cc1nc(S(=O)(=O)c2ccc(Br)cc2)c(N2CCC(C)CC2)o1. The third-order valence-electron chi connectivity index (χ3n) is 4.66. The largest absolute Gasteiger partial charge is 0.424 e. The molecule has 0 atom stereocenters. The summed E-state index contributed by atoms with van der Waals surface area (Å²) in [5.74, 6) is 1.88. The number of anilines is 1. The van der Waals surface area contributed by atoms with Crippen LogP contribution in [0.5, 0.6) is 0 Å². The van der Waals surface area contributed by atoms with Gasteiger partial charge in [0.1, 0.15) is 0 Å². The lowest BCUT2D eigenvalue weighted by Gasteiger charge is -2.30. The van der Waals surface area contributed by atoms with Gasteiger partial charge < -0.3 is 9.32 Å². The number of halogens is 1. The highest BCUT2D eigenvalue weighted by atomic mass is 79.9. The maximum Gasteiger partial charge on any atom is 0.236 e. The van der Waals surface area contributed by atoms with E-state index in [1.54, 1.807) is 24.3 Å². The Hall–Kier alpha value is -1.34. The Morgan fingerprint density at radius 2 is 1.85 bits per heavy atom. The summed E-state index contributed by atoms with van der Waals surface area (Å²) in [5, 5.41) is 0.0463. The molecule has 1 saturated heterocycles. The number of sulfone groups is 1. The van der Waals surface area contributed by atoms with Gasteiger partial charge >= 0.3 is 0 Å². The quantitative estimate of drug-likeness (QED) is 0.673. The molecule has 142 valence electrons. The van der Waals surface area contributed by atoms with Crippen molar-refractivity contribution in [2.24, 2.45) is 11.8 Å². The lowest BCUT2D eigenvalue weighted by molar-refractivity contribution is 0.400. The molecule has 1 aliphatic heterocycles. The molecule has 1 fully saturated rings. The van der Waals surface area contributed by atoms with Crippen molar-refractivity contribution in [1.82, 2.24) is 4.98 Å². The maximum atomic E-state index is 13.2. The predicted octanol–water partition coefficient (Wildman–Crippen LogP) is 4.70. The minimum absolute atomic E-state index is 0.0463. The van der Waals surface area contributed by atoms with Gasteiger partial charge in [-0.15, -0.1) is 0 Å². The Balaban J connectivity index is 2.03. The number of hydrogen-bond acceptors (Lipinski definition) is 5. The van der Waals surface area contributed by atoms with Crippen LogP contribution in [-0.4, -0.2) is 26.5 Å². The average Bonchev–Trinajstić information content (AvgIpc) is 3.00. The van der Waals surface area contributed by atoms with E-state index < -0.39 is 9.84 Å². The van der Waals surface area contributed by atoms with Crippen LogP contribution in [0.15, 0.2) is 43.1 Å². The fourth-order valence-corrected chi connectivity index (χ4v) is 4.69. The normalized spacial score (nSPS) is 16.4. The van der Waals surface area contributed by atoms with Crippen LogP contribution >= 0.6 is 15.9 Å². The van der Waals surface area contributed by atoms with E-state index >= 15 is 0 Å². The zero-order valence-corrected chi connectivity index (χ0v) is 17.8. The van der Waals surface area contributed by atoms with Crippen molar-refractivity contribution in [3.63, 3.8) is 0 Å². The fourth-order valence-electron chi connectivity index (χ4n) is 3.09. The van der Waals surface area contributed by atoms with Gasteiger partial charge in [-0.05, 0) is 48.9 Å². The summed E-state index contributed by atoms with van der Waals surface area (Å²) in [6.45, 7) is 7.94. The molecule has 5 nitrogen and oxygen atoms in total. The summed E-state index contributed by atoms with van der Waals surface area (Å²) >= 11 is 3.35. The van der Waals surface area contributed by atoms with Crippen molar-refractivity contribution in [2.75, 3.05) is 18.0 Å². The zero-order chi connectivity index (χ0) is 18.9. The van der Waals surface area contributed by atoms with E-state index in [1.165, 1.54) is 0 Å². The number of rotatable bonds is 5.